The van der Waals surface area contributed by atoms with E-state index in [4.69, 9.17) is 4.74 Å². The zero-order chi connectivity index (χ0) is 8.97. The lowest BCUT2D eigenvalue weighted by Crippen LogP contribution is -1.92. The predicted octanol–water partition coefficient (Wildman–Crippen LogP) is 0.761. The number of hydrogen-bond donors (Lipinski definition) is 0. The number of hydrogen-bond acceptors (Lipinski definition) is 5. The third kappa shape index (κ3) is 1.65. The fraction of sp³-hybridized carbons (Fsp3) is 0.286. The molecular weight excluding hydrogens is 158 g/mol. The second-order valence-electron chi connectivity index (χ2n) is 2.01. The molecule has 0 unspecified atom stereocenters. The van der Waals surface area contributed by atoms with Crippen LogP contribution in [0.3, 0.4) is 0 Å². The molecule has 5 heteroatoms. The molecule has 12 heavy (non-hydrogen) atoms. The lowest BCUT2D eigenvalue weighted by atomic mass is 10.5. The van der Waals surface area contributed by atoms with Gasteiger partial charge in [0.1, 0.15) is 5.82 Å². The minimum absolute atomic E-state index is 0.283. The molecule has 0 aliphatic rings. The van der Waals surface area contributed by atoms with Crippen LogP contribution in [0, 0.1) is 6.92 Å². The smallest absolute Gasteiger partial charge is 0.243 e. The molecule has 0 aliphatic carbocycles. The van der Waals surface area contributed by atoms with Crippen molar-refractivity contribution in [2.45, 2.75) is 6.92 Å². The third-order valence-electron chi connectivity index (χ3n) is 1.22. The molecule has 0 amide bonds. The van der Waals surface area contributed by atoms with Crippen LogP contribution in [0.2, 0.25) is 0 Å². The van der Waals surface area contributed by atoms with E-state index in [1.165, 1.54) is 19.4 Å². The lowest BCUT2D eigenvalue weighted by Gasteiger charge is -2.00. The number of aromatic nitrogens is 2. The molecular formula is C7H7N3O2. The normalized spacial score (nSPS) is 8.83. The van der Waals surface area contributed by atoms with Gasteiger partial charge in [0.2, 0.25) is 12.0 Å². The molecule has 0 saturated heterocycles. The molecule has 0 fully saturated rings. The van der Waals surface area contributed by atoms with Gasteiger partial charge < -0.3 is 4.74 Å². The van der Waals surface area contributed by atoms with E-state index in [2.05, 4.69) is 15.0 Å². The van der Waals surface area contributed by atoms with E-state index >= 15 is 0 Å². The van der Waals surface area contributed by atoms with Crippen molar-refractivity contribution in [2.75, 3.05) is 7.11 Å². The third-order valence-corrected chi connectivity index (χ3v) is 1.22. The highest BCUT2D eigenvalue weighted by Crippen LogP contribution is 2.22. The topological polar surface area (TPSA) is 64.4 Å². The number of carbonyl (C=O) groups excluding carboxylic acids is 1. The monoisotopic (exact) mass is 165 g/mol. The summed E-state index contributed by atoms with van der Waals surface area (Å²) in [6.45, 7) is 1.72. The molecule has 0 spiro atoms. The minimum atomic E-state index is 0.283. The Morgan fingerprint density at radius 1 is 1.67 bits per heavy atom. The van der Waals surface area contributed by atoms with Gasteiger partial charge in [0.15, 0.2) is 5.69 Å². The Balaban J connectivity index is 3.19. The molecule has 0 saturated carbocycles. The Labute approximate surface area is 69.1 Å². The summed E-state index contributed by atoms with van der Waals surface area (Å²) in [4.78, 5) is 21.0. The summed E-state index contributed by atoms with van der Waals surface area (Å²) in [6, 6.07) is 0. The van der Waals surface area contributed by atoms with Crippen molar-refractivity contribution in [2.24, 2.45) is 4.99 Å². The second-order valence-corrected chi connectivity index (χ2v) is 2.01. The Morgan fingerprint density at radius 3 is 3.00 bits per heavy atom. The summed E-state index contributed by atoms with van der Waals surface area (Å²) < 4.78 is 4.85. The second kappa shape index (κ2) is 3.59. The van der Waals surface area contributed by atoms with E-state index in [1.54, 1.807) is 6.92 Å². The fourth-order valence-corrected chi connectivity index (χ4v) is 0.719. The number of nitrogens with zero attached hydrogens (tertiary/aromatic N) is 3. The molecule has 1 aromatic rings. The van der Waals surface area contributed by atoms with Gasteiger partial charge in [0.05, 0.1) is 13.3 Å². The molecule has 0 aromatic carbocycles. The van der Waals surface area contributed by atoms with Crippen LogP contribution in [0.5, 0.6) is 5.88 Å². The molecule has 1 heterocycles. The van der Waals surface area contributed by atoms with Crippen molar-refractivity contribution < 1.29 is 9.53 Å². The van der Waals surface area contributed by atoms with Gasteiger partial charge in [0.25, 0.3) is 0 Å². The van der Waals surface area contributed by atoms with Gasteiger partial charge in [-0.2, -0.15) is 9.98 Å². The van der Waals surface area contributed by atoms with Gasteiger partial charge in [-0.15, -0.1) is 0 Å². The van der Waals surface area contributed by atoms with Gasteiger partial charge in [0, 0.05) is 0 Å². The van der Waals surface area contributed by atoms with Crippen LogP contribution in [0.15, 0.2) is 11.2 Å². The first-order chi connectivity index (χ1) is 5.77. The van der Waals surface area contributed by atoms with E-state index in [1.807, 2.05) is 0 Å². The summed E-state index contributed by atoms with van der Waals surface area (Å²) >= 11 is 0. The van der Waals surface area contributed by atoms with E-state index in [0.29, 0.717) is 5.82 Å². The van der Waals surface area contributed by atoms with E-state index < -0.39 is 0 Å². The summed E-state index contributed by atoms with van der Waals surface area (Å²) in [7, 11) is 1.45. The number of rotatable bonds is 2. The highest BCUT2D eigenvalue weighted by Gasteiger charge is 2.03. The summed E-state index contributed by atoms with van der Waals surface area (Å²) in [6.07, 6.45) is 2.80. The average molecular weight is 165 g/mol. The van der Waals surface area contributed by atoms with Crippen LogP contribution in [-0.4, -0.2) is 23.2 Å². The molecule has 0 bridgehead atoms. The van der Waals surface area contributed by atoms with Gasteiger partial charge in [-0.25, -0.2) is 9.78 Å². The summed E-state index contributed by atoms with van der Waals surface area (Å²) in [5.41, 5.74) is 0.290. The van der Waals surface area contributed by atoms with Gasteiger partial charge >= 0.3 is 0 Å². The molecule has 1 rings (SSSR count). The lowest BCUT2D eigenvalue weighted by molar-refractivity contribution is 0.397. The quantitative estimate of drug-likeness (QED) is 0.479. The SMILES string of the molecule is COc1nc(C)ncc1N=C=O. The first-order valence-corrected chi connectivity index (χ1v) is 3.23. The van der Waals surface area contributed by atoms with Crippen LogP contribution in [0.25, 0.3) is 0 Å². The van der Waals surface area contributed by atoms with Crippen molar-refractivity contribution >= 4 is 11.8 Å². The maximum Gasteiger partial charge on any atom is 0.243 e. The Kier molecular flexibility index (Phi) is 2.50. The van der Waals surface area contributed by atoms with E-state index in [-0.39, 0.29) is 11.6 Å². The van der Waals surface area contributed by atoms with Crippen LogP contribution in [0.1, 0.15) is 5.82 Å². The number of isocyanates is 1. The standard InChI is InChI=1S/C7H7N3O2/c1-5-8-3-6(9-4-11)7(10-5)12-2/h3H,1-2H3. The molecule has 62 valence electrons. The van der Waals surface area contributed by atoms with E-state index in [9.17, 15) is 4.79 Å². The number of aryl methyl sites for hydroxylation is 1. The molecule has 0 radical (unpaired) electrons. The summed E-state index contributed by atoms with van der Waals surface area (Å²) in [5, 5.41) is 0. The number of aliphatic imine (C=N–C) groups is 1. The zero-order valence-corrected chi connectivity index (χ0v) is 6.74. The fourth-order valence-electron chi connectivity index (χ4n) is 0.719. The largest absolute Gasteiger partial charge is 0.479 e. The highest BCUT2D eigenvalue weighted by molar-refractivity contribution is 5.53. The first-order valence-electron chi connectivity index (χ1n) is 3.23. The maximum atomic E-state index is 9.92. The Morgan fingerprint density at radius 2 is 2.42 bits per heavy atom. The first kappa shape index (κ1) is 8.36. The van der Waals surface area contributed by atoms with Crippen LogP contribution < -0.4 is 4.74 Å². The molecule has 5 nitrogen and oxygen atoms in total. The van der Waals surface area contributed by atoms with E-state index in [0.717, 1.165) is 0 Å². The van der Waals surface area contributed by atoms with Crippen LogP contribution in [0.4, 0.5) is 5.69 Å². The van der Waals surface area contributed by atoms with Crippen molar-refractivity contribution in [3.8, 4) is 5.88 Å². The van der Waals surface area contributed by atoms with Gasteiger partial charge in [-0.05, 0) is 6.92 Å². The van der Waals surface area contributed by atoms with Gasteiger partial charge in [-0.3, -0.25) is 0 Å². The van der Waals surface area contributed by atoms with Crippen LogP contribution in [-0.2, 0) is 4.79 Å². The minimum Gasteiger partial charge on any atom is -0.479 e. The molecule has 0 N–H and O–H groups in total. The Hall–Kier alpha value is -1.74. The molecule has 0 atom stereocenters. The predicted molar refractivity (Wildman–Crippen MR) is 41.1 cm³/mol. The number of ether oxygens (including phenoxy) is 1. The molecule has 1 aromatic heterocycles. The van der Waals surface area contributed by atoms with Crippen molar-refractivity contribution in [1.82, 2.24) is 9.97 Å². The zero-order valence-electron chi connectivity index (χ0n) is 6.74. The average Bonchev–Trinajstić information content (AvgIpc) is 2.08. The summed E-state index contributed by atoms with van der Waals surface area (Å²) in [5.74, 6) is 0.850. The molecule has 0 aliphatic heterocycles. The van der Waals surface area contributed by atoms with Gasteiger partial charge in [-0.1, -0.05) is 0 Å². The number of methoxy groups -OCH3 is 1. The van der Waals surface area contributed by atoms with Crippen molar-refractivity contribution in [3.05, 3.63) is 12.0 Å². The maximum absolute atomic E-state index is 9.92. The Bertz CT molecular complexity index is 331. The van der Waals surface area contributed by atoms with Crippen LogP contribution >= 0.6 is 0 Å². The highest BCUT2D eigenvalue weighted by atomic mass is 16.5. The van der Waals surface area contributed by atoms with Crippen molar-refractivity contribution in [1.29, 1.82) is 0 Å². The van der Waals surface area contributed by atoms with Crippen molar-refractivity contribution in [3.63, 3.8) is 0 Å².